The Morgan fingerprint density at radius 1 is 0.843 bits per heavy atom. The number of amides is 3. The minimum atomic E-state index is -0.704. The molecule has 0 saturated carbocycles. The van der Waals surface area contributed by atoms with Gasteiger partial charge < -0.3 is 29.8 Å². The second kappa shape index (κ2) is 16.8. The molecule has 3 aromatic rings. The zero-order valence-electron chi connectivity index (χ0n) is 30.1. The van der Waals surface area contributed by atoms with Crippen LogP contribution in [0.5, 0.6) is 0 Å². The van der Waals surface area contributed by atoms with Gasteiger partial charge in [-0.3, -0.25) is 9.59 Å². The van der Waals surface area contributed by atoms with Crippen LogP contribution in [0.25, 0.3) is 0 Å². The van der Waals surface area contributed by atoms with Crippen LogP contribution in [0.3, 0.4) is 0 Å². The Balaban J connectivity index is 1.27. The average Bonchev–Trinajstić information content (AvgIpc) is 3.86. The van der Waals surface area contributed by atoms with E-state index in [4.69, 9.17) is 14.7 Å². The first-order valence-electron chi connectivity index (χ1n) is 17.3. The van der Waals surface area contributed by atoms with Gasteiger partial charge in [-0.2, -0.15) is 0 Å². The van der Waals surface area contributed by atoms with E-state index in [1.165, 1.54) is 7.11 Å². The number of halogens is 2. The minimum Gasteiger partial charge on any atom is -0.453 e. The lowest BCUT2D eigenvalue weighted by Gasteiger charge is -2.30. The van der Waals surface area contributed by atoms with Gasteiger partial charge in [0.2, 0.25) is 11.8 Å². The predicted octanol–water partition coefficient (Wildman–Crippen LogP) is 6.39. The van der Waals surface area contributed by atoms with Crippen molar-refractivity contribution in [3.63, 3.8) is 0 Å². The molecule has 0 unspecified atom stereocenters. The molecule has 5 atom stereocenters. The summed E-state index contributed by atoms with van der Waals surface area (Å²) in [6.07, 6.45) is 1.54. The molecule has 5 rings (SSSR count). The molecule has 3 amide bonds. The number of nitrogens with zero attached hydrogens (tertiary/aromatic N) is 4. The molecule has 0 radical (unpaired) electrons. The average molecular weight is 918 g/mol. The molecule has 0 aliphatic carbocycles. The first-order valence-corrected chi connectivity index (χ1v) is 19.5. The van der Waals surface area contributed by atoms with Gasteiger partial charge in [-0.1, -0.05) is 53.4 Å². The maximum atomic E-state index is 13.6. The van der Waals surface area contributed by atoms with Crippen LogP contribution in [0.1, 0.15) is 107 Å². The van der Waals surface area contributed by atoms with E-state index < -0.39 is 12.1 Å². The van der Waals surface area contributed by atoms with E-state index in [2.05, 4.69) is 112 Å². The Hall–Kier alpha value is -3.57. The van der Waals surface area contributed by atoms with Gasteiger partial charge in [-0.15, -0.1) is 0 Å². The minimum absolute atomic E-state index is 0.0575. The molecule has 2 aliphatic heterocycles. The largest absolute Gasteiger partial charge is 0.453 e. The number of ether oxygens (including phenoxy) is 1. The van der Waals surface area contributed by atoms with Crippen LogP contribution in [0.2, 0.25) is 0 Å². The van der Waals surface area contributed by atoms with E-state index in [0.717, 1.165) is 49.4 Å². The summed E-state index contributed by atoms with van der Waals surface area (Å²) in [7, 11) is 1.29. The van der Waals surface area contributed by atoms with Gasteiger partial charge in [0, 0.05) is 30.6 Å². The van der Waals surface area contributed by atoms with Crippen molar-refractivity contribution in [1.29, 1.82) is 0 Å². The lowest BCUT2D eigenvalue weighted by molar-refractivity contribution is -0.135. The third-order valence-electron chi connectivity index (χ3n) is 9.13. The van der Waals surface area contributed by atoms with E-state index >= 15 is 0 Å². The number of hydrogen-bond acceptors (Lipinski definition) is 6. The molecule has 2 aliphatic rings. The maximum Gasteiger partial charge on any atom is 0.407 e. The number of carbonyl (C=O) groups excluding carboxylic acids is 3. The molecule has 2 aromatic heterocycles. The fourth-order valence-corrected chi connectivity index (χ4v) is 7.66. The van der Waals surface area contributed by atoms with Crippen LogP contribution in [0.15, 0.2) is 24.3 Å². The van der Waals surface area contributed by atoms with E-state index in [0.29, 0.717) is 36.3 Å². The summed E-state index contributed by atoms with van der Waals surface area (Å²) in [5.74, 6) is 15.3. The molecule has 51 heavy (non-hydrogen) atoms. The number of hydrogen-bond donors (Lipinski definition) is 3. The third kappa shape index (κ3) is 9.46. The molecule has 3 N–H and O–H groups in total. The number of imidazole rings is 2. The standard InChI is InChI=1S/C38H45I2N7O4/c1-21(2)16-31(48)46-19-23(5)17-29(46)35-41-27(33(39)44-35)14-12-25-8-10-26(11-9-25)13-15-28-34(40)45-36(42-28)30-18-24(6)20-47(30)37(49)32(22(3)4)43-38(50)51-7/h8-11,21-24,29-30,32H,16-20H2,1-7H3,(H,41,44)(H,42,45)(H,43,50)/t23-,24-,29-,30-,32-/m0/s1. The van der Waals surface area contributed by atoms with Gasteiger partial charge in [0.25, 0.3) is 0 Å². The molecular weight excluding hydrogens is 872 g/mol. The van der Waals surface area contributed by atoms with Crippen molar-refractivity contribution in [3.05, 3.63) is 65.8 Å². The van der Waals surface area contributed by atoms with Crippen molar-refractivity contribution >= 4 is 63.1 Å². The summed E-state index contributed by atoms with van der Waals surface area (Å²) in [6.45, 7) is 13.5. The van der Waals surface area contributed by atoms with Crippen molar-refractivity contribution in [1.82, 2.24) is 35.1 Å². The quantitative estimate of drug-likeness (QED) is 0.186. The van der Waals surface area contributed by atoms with E-state index in [1.807, 2.05) is 43.0 Å². The summed E-state index contributed by atoms with van der Waals surface area (Å²) in [5.41, 5.74) is 3.09. The number of alkyl carbamates (subject to hydrolysis) is 1. The summed E-state index contributed by atoms with van der Waals surface area (Å²) in [4.78, 5) is 58.6. The number of benzene rings is 1. The molecule has 2 fully saturated rings. The lowest BCUT2D eigenvalue weighted by Crippen LogP contribution is -2.51. The molecule has 0 spiro atoms. The highest BCUT2D eigenvalue weighted by atomic mass is 127. The number of H-pyrrole nitrogens is 2. The van der Waals surface area contributed by atoms with Crippen LogP contribution in [-0.4, -0.2) is 73.9 Å². The first kappa shape index (κ1) is 38.7. The molecule has 0 bridgehead atoms. The number of aromatic nitrogens is 4. The summed E-state index contributed by atoms with van der Waals surface area (Å²) in [6, 6.07) is 6.73. The second-order valence-corrected chi connectivity index (χ2v) is 16.4. The molecule has 1 aromatic carbocycles. The van der Waals surface area contributed by atoms with Crippen LogP contribution in [0.4, 0.5) is 4.79 Å². The van der Waals surface area contributed by atoms with Gasteiger partial charge in [0.15, 0.2) is 0 Å². The molecule has 13 heteroatoms. The normalized spacial score (nSPS) is 20.5. The zero-order valence-corrected chi connectivity index (χ0v) is 34.4. The van der Waals surface area contributed by atoms with Crippen LogP contribution >= 0.6 is 45.2 Å². The highest BCUT2D eigenvalue weighted by Crippen LogP contribution is 2.36. The van der Waals surface area contributed by atoms with E-state index in [1.54, 1.807) is 4.90 Å². The monoisotopic (exact) mass is 917 g/mol. The molecule has 4 heterocycles. The predicted molar refractivity (Wildman–Crippen MR) is 211 cm³/mol. The molecule has 2 saturated heterocycles. The zero-order chi connectivity index (χ0) is 37.0. The van der Waals surface area contributed by atoms with Crippen molar-refractivity contribution < 1.29 is 19.1 Å². The van der Waals surface area contributed by atoms with Gasteiger partial charge in [-0.25, -0.2) is 14.8 Å². The number of rotatable bonds is 7. The van der Waals surface area contributed by atoms with E-state index in [-0.39, 0.29) is 35.7 Å². The highest BCUT2D eigenvalue weighted by Gasteiger charge is 2.40. The van der Waals surface area contributed by atoms with Crippen LogP contribution in [0, 0.1) is 54.8 Å². The number of carbonyl (C=O) groups is 3. The number of aromatic amines is 2. The fraction of sp³-hybridized carbons (Fsp3) is 0.500. The maximum absolute atomic E-state index is 13.6. The number of methoxy groups -OCH3 is 1. The Kier molecular flexibility index (Phi) is 12.8. The summed E-state index contributed by atoms with van der Waals surface area (Å²) < 4.78 is 6.28. The SMILES string of the molecule is COC(=O)N[C@H](C(=O)N1C[C@@H](C)C[C@H]1c1nc(I)c(C#Cc2ccc(C#Cc3[nH]c([C@@H]4C[C@H](C)CN4C(=O)CC(C)C)nc3I)cc2)[nH]1)C(C)C. The van der Waals surface area contributed by atoms with Crippen LogP contribution in [-0.2, 0) is 14.3 Å². The van der Waals surface area contributed by atoms with Crippen molar-refractivity contribution in [2.24, 2.45) is 23.7 Å². The van der Waals surface area contributed by atoms with Crippen molar-refractivity contribution in [3.8, 4) is 23.7 Å². The fourth-order valence-electron chi connectivity index (χ4n) is 6.60. The Labute approximate surface area is 327 Å². The Morgan fingerprint density at radius 3 is 1.76 bits per heavy atom. The molecule has 270 valence electrons. The van der Waals surface area contributed by atoms with E-state index in [9.17, 15) is 14.4 Å². The smallest absolute Gasteiger partial charge is 0.407 e. The van der Waals surface area contributed by atoms with Crippen LogP contribution < -0.4 is 5.32 Å². The Bertz CT molecular complexity index is 1880. The van der Waals surface area contributed by atoms with Gasteiger partial charge in [0.1, 0.15) is 36.5 Å². The van der Waals surface area contributed by atoms with Gasteiger partial charge in [-0.05, 0) is 118 Å². The summed E-state index contributed by atoms with van der Waals surface area (Å²) in [5, 5.41) is 2.70. The molecule has 11 nitrogen and oxygen atoms in total. The lowest BCUT2D eigenvalue weighted by atomic mass is 10.0. The molecular formula is C38H45I2N7O4. The van der Waals surface area contributed by atoms with Crippen molar-refractivity contribution in [2.45, 2.75) is 78.9 Å². The van der Waals surface area contributed by atoms with Crippen molar-refractivity contribution in [2.75, 3.05) is 20.2 Å². The Morgan fingerprint density at radius 2 is 1.31 bits per heavy atom. The highest BCUT2D eigenvalue weighted by molar-refractivity contribution is 14.1. The third-order valence-corrected chi connectivity index (χ3v) is 10.7. The topological polar surface area (TPSA) is 136 Å². The second-order valence-electron chi connectivity index (χ2n) is 14.4. The first-order chi connectivity index (χ1) is 24.2. The number of likely N-dealkylation sites (tertiary alicyclic amines) is 2. The van der Waals surface area contributed by atoms with Gasteiger partial charge >= 0.3 is 6.09 Å². The van der Waals surface area contributed by atoms with Gasteiger partial charge in [0.05, 0.1) is 19.2 Å². The summed E-state index contributed by atoms with van der Waals surface area (Å²) >= 11 is 4.36. The number of nitrogens with one attached hydrogen (secondary N) is 3.